The second-order valence-corrected chi connectivity index (χ2v) is 4.13. The molecule has 0 fully saturated rings. The Bertz CT molecular complexity index is 574. The van der Waals surface area contributed by atoms with Gasteiger partial charge in [0.25, 0.3) is 0 Å². The third-order valence-electron chi connectivity index (χ3n) is 1.92. The van der Waals surface area contributed by atoms with E-state index in [1.54, 1.807) is 36.4 Å². The quantitative estimate of drug-likeness (QED) is 0.570. The lowest BCUT2D eigenvalue weighted by molar-refractivity contribution is -0.489. The maximum atomic E-state index is 11.0. The summed E-state index contributed by atoms with van der Waals surface area (Å²) < 4.78 is 31.7. The second-order valence-electron chi connectivity index (χ2n) is 2.84. The van der Waals surface area contributed by atoms with E-state index >= 15 is 0 Å². The van der Waals surface area contributed by atoms with E-state index in [0.29, 0.717) is 5.52 Å². The molecule has 0 aliphatic heterocycles. The summed E-state index contributed by atoms with van der Waals surface area (Å²) in [6.45, 7) is 0. The second kappa shape index (κ2) is 3.93. The molecule has 0 amide bonds. The van der Waals surface area contributed by atoms with Crippen LogP contribution >= 0.6 is 0 Å². The van der Waals surface area contributed by atoms with Gasteiger partial charge in [-0.3, -0.25) is 0 Å². The normalized spacial score (nSPS) is 11.0. The molecule has 0 bridgehead atoms. The summed E-state index contributed by atoms with van der Waals surface area (Å²) in [6.07, 6.45) is 1.30. The average Bonchev–Trinajstić information content (AvgIpc) is 2.15. The minimum Gasteiger partial charge on any atom is -0.870 e. The van der Waals surface area contributed by atoms with Gasteiger partial charge in [-0.25, -0.2) is 4.55 Å². The van der Waals surface area contributed by atoms with Crippen LogP contribution in [0.15, 0.2) is 42.6 Å². The van der Waals surface area contributed by atoms with Crippen molar-refractivity contribution in [2.45, 2.75) is 0 Å². The zero-order valence-electron chi connectivity index (χ0n) is 7.61. The standard InChI is InChI=1S/C9H7NO3S.H2O/c11-14(12,13)10-7-3-5-8-4-1-2-6-9(8)10;/h1-7H;1H2. The SMILES string of the molecule is O=S(=O)(O)[n+]1cccc2ccccc21.[OH-]. The molecule has 6 heteroatoms. The summed E-state index contributed by atoms with van der Waals surface area (Å²) in [5.41, 5.74) is 0.456. The van der Waals surface area contributed by atoms with E-state index in [1.165, 1.54) is 6.20 Å². The molecule has 2 rings (SSSR count). The van der Waals surface area contributed by atoms with Gasteiger partial charge in [-0.15, -0.1) is 8.42 Å². The third kappa shape index (κ3) is 2.12. The lowest BCUT2D eigenvalue weighted by Crippen LogP contribution is -2.42. The monoisotopic (exact) mass is 227 g/mol. The van der Waals surface area contributed by atoms with Gasteiger partial charge in [0.05, 0.1) is 0 Å². The number of hydrogen-bond acceptors (Lipinski definition) is 3. The van der Waals surface area contributed by atoms with Crippen molar-refractivity contribution < 1.29 is 22.4 Å². The van der Waals surface area contributed by atoms with Crippen LogP contribution in [-0.4, -0.2) is 18.4 Å². The number of hydrogen-bond donors (Lipinski definition) is 1. The van der Waals surface area contributed by atoms with E-state index in [0.717, 1.165) is 9.36 Å². The fraction of sp³-hybridized carbons (Fsp3) is 0. The van der Waals surface area contributed by atoms with E-state index in [9.17, 15) is 8.42 Å². The molecule has 0 spiro atoms. The smallest absolute Gasteiger partial charge is 0.511 e. The number of fused-ring (bicyclic) bond motifs is 1. The summed E-state index contributed by atoms with van der Waals surface area (Å²) in [5, 5.41) is 0.757. The van der Waals surface area contributed by atoms with E-state index in [-0.39, 0.29) is 5.48 Å². The van der Waals surface area contributed by atoms with Crippen LogP contribution in [0, 0.1) is 0 Å². The average molecular weight is 227 g/mol. The lowest BCUT2D eigenvalue weighted by atomic mass is 10.2. The van der Waals surface area contributed by atoms with Crippen LogP contribution < -0.4 is 3.97 Å². The van der Waals surface area contributed by atoms with Gasteiger partial charge in [0.15, 0.2) is 6.20 Å². The number of para-hydroxylation sites is 1. The number of benzene rings is 1. The highest BCUT2D eigenvalue weighted by Gasteiger charge is 2.20. The topological polar surface area (TPSA) is 88.2 Å². The maximum Gasteiger partial charge on any atom is 0.511 e. The molecule has 0 unspecified atom stereocenters. The van der Waals surface area contributed by atoms with Crippen molar-refractivity contribution in [3.05, 3.63) is 42.6 Å². The van der Waals surface area contributed by atoms with Gasteiger partial charge in [-0.1, -0.05) is 16.1 Å². The first kappa shape index (κ1) is 11.6. The van der Waals surface area contributed by atoms with E-state index in [1.807, 2.05) is 0 Å². The number of rotatable bonds is 1. The Hall–Kier alpha value is -1.50. The van der Waals surface area contributed by atoms with Gasteiger partial charge in [0.2, 0.25) is 5.52 Å². The molecule has 80 valence electrons. The van der Waals surface area contributed by atoms with Crippen LogP contribution in [0.25, 0.3) is 10.9 Å². The molecule has 1 aromatic carbocycles. The molecule has 2 aromatic rings. The van der Waals surface area contributed by atoms with Crippen LogP contribution in [-0.2, 0) is 10.3 Å². The highest BCUT2D eigenvalue weighted by Crippen LogP contribution is 2.08. The first-order valence-corrected chi connectivity index (χ1v) is 5.36. The number of pyridine rings is 1. The van der Waals surface area contributed by atoms with Gasteiger partial charge in [-0.05, 0) is 12.1 Å². The fourth-order valence-corrected chi connectivity index (χ4v) is 1.97. The van der Waals surface area contributed by atoms with Crippen molar-refractivity contribution in [3.8, 4) is 0 Å². The summed E-state index contributed by atoms with van der Waals surface area (Å²) in [5.74, 6) is 0. The van der Waals surface area contributed by atoms with Crippen molar-refractivity contribution in [1.29, 1.82) is 0 Å². The fourth-order valence-electron chi connectivity index (χ4n) is 1.34. The predicted molar refractivity (Wildman–Crippen MR) is 53.0 cm³/mol. The van der Waals surface area contributed by atoms with Gasteiger partial charge >= 0.3 is 10.3 Å². The zero-order chi connectivity index (χ0) is 10.2. The molecule has 15 heavy (non-hydrogen) atoms. The van der Waals surface area contributed by atoms with Crippen LogP contribution in [0.1, 0.15) is 0 Å². The van der Waals surface area contributed by atoms with E-state index in [2.05, 4.69) is 0 Å². The Morgan fingerprint density at radius 3 is 2.33 bits per heavy atom. The van der Waals surface area contributed by atoms with Gasteiger partial charge in [0, 0.05) is 17.5 Å². The molecule has 5 nitrogen and oxygen atoms in total. The zero-order valence-corrected chi connectivity index (χ0v) is 8.42. The predicted octanol–water partition coefficient (Wildman–Crippen LogP) is 0.601. The Kier molecular flexibility index (Phi) is 3.04. The minimum absolute atomic E-state index is 0. The molecule has 1 aromatic heterocycles. The number of nitrogens with zero attached hydrogens (tertiary/aromatic N) is 1. The molecule has 2 N–H and O–H groups in total. The summed E-state index contributed by atoms with van der Waals surface area (Å²) >= 11 is 0. The van der Waals surface area contributed by atoms with Crippen molar-refractivity contribution in [2.75, 3.05) is 0 Å². The van der Waals surface area contributed by atoms with Crippen LogP contribution in [0.3, 0.4) is 0 Å². The molecule has 0 atom stereocenters. The van der Waals surface area contributed by atoms with Gasteiger partial charge < -0.3 is 5.48 Å². The Balaban J connectivity index is 0.00000112. The largest absolute Gasteiger partial charge is 0.870 e. The Morgan fingerprint density at radius 1 is 1.07 bits per heavy atom. The molecule has 0 aliphatic rings. The summed E-state index contributed by atoms with van der Waals surface area (Å²) in [4.78, 5) is 0. The molecule has 0 saturated carbocycles. The van der Waals surface area contributed by atoms with Gasteiger partial charge in [-0.2, -0.15) is 0 Å². The molecular formula is C9H9NO4S. The van der Waals surface area contributed by atoms with E-state index < -0.39 is 10.3 Å². The van der Waals surface area contributed by atoms with Gasteiger partial charge in [0.1, 0.15) is 0 Å². The molecule has 0 radical (unpaired) electrons. The highest BCUT2D eigenvalue weighted by atomic mass is 32.2. The van der Waals surface area contributed by atoms with Crippen molar-refractivity contribution >= 4 is 21.2 Å². The molecule has 1 heterocycles. The first-order valence-electron chi connectivity index (χ1n) is 3.96. The van der Waals surface area contributed by atoms with Crippen LogP contribution in [0.4, 0.5) is 0 Å². The van der Waals surface area contributed by atoms with E-state index in [4.69, 9.17) is 4.55 Å². The van der Waals surface area contributed by atoms with Crippen molar-refractivity contribution in [2.24, 2.45) is 0 Å². The molecular weight excluding hydrogens is 218 g/mol. The third-order valence-corrected chi connectivity index (χ3v) is 2.74. The van der Waals surface area contributed by atoms with Crippen LogP contribution in [0.2, 0.25) is 0 Å². The van der Waals surface area contributed by atoms with Crippen molar-refractivity contribution in [3.63, 3.8) is 0 Å². The minimum atomic E-state index is -4.21. The van der Waals surface area contributed by atoms with Crippen molar-refractivity contribution in [1.82, 2.24) is 0 Å². The highest BCUT2D eigenvalue weighted by molar-refractivity contribution is 7.79. The lowest BCUT2D eigenvalue weighted by Gasteiger charge is -1.95. The summed E-state index contributed by atoms with van der Waals surface area (Å²) in [7, 11) is -4.21. The Labute approximate surface area is 86.8 Å². The number of aromatic nitrogens is 1. The first-order chi connectivity index (χ1) is 6.59. The molecule has 0 saturated heterocycles. The molecule has 0 aliphatic carbocycles. The maximum absolute atomic E-state index is 11.0. The summed E-state index contributed by atoms with van der Waals surface area (Å²) in [6, 6.07) is 10.3. The van der Waals surface area contributed by atoms with Crippen LogP contribution in [0.5, 0.6) is 0 Å². The Morgan fingerprint density at radius 2 is 1.67 bits per heavy atom.